The molecule has 0 bridgehead atoms. The summed E-state index contributed by atoms with van der Waals surface area (Å²) in [4.78, 5) is -0.538. The molecule has 2 aromatic carbocycles. The summed E-state index contributed by atoms with van der Waals surface area (Å²) in [5.74, 6) is -0.597. The lowest BCUT2D eigenvalue weighted by Crippen LogP contribution is -2.15. The van der Waals surface area contributed by atoms with Gasteiger partial charge in [0.2, 0.25) is 0 Å². The van der Waals surface area contributed by atoms with Crippen LogP contribution < -0.4 is 15.2 Å². The summed E-state index contributed by atoms with van der Waals surface area (Å²) < 4.78 is 45.3. The number of hydrogen-bond donors (Lipinski definition) is 2. The number of anilines is 2. The molecule has 0 aliphatic rings. The van der Waals surface area contributed by atoms with Gasteiger partial charge in [0.05, 0.1) is 23.5 Å². The summed E-state index contributed by atoms with van der Waals surface area (Å²) in [6, 6.07) is 8.07. The molecule has 3 N–H and O–H groups in total. The zero-order chi connectivity index (χ0) is 15.6. The van der Waals surface area contributed by atoms with Crippen LogP contribution in [0.3, 0.4) is 0 Å². The highest BCUT2D eigenvalue weighted by Gasteiger charge is 2.21. The van der Waals surface area contributed by atoms with Crippen LogP contribution in [0.4, 0.5) is 15.8 Å². The Balaban J connectivity index is 2.38. The summed E-state index contributed by atoms with van der Waals surface area (Å²) in [5, 5.41) is -0.271. The van der Waals surface area contributed by atoms with Crippen LogP contribution in [0.2, 0.25) is 5.02 Å². The van der Waals surface area contributed by atoms with Gasteiger partial charge >= 0.3 is 0 Å². The molecule has 0 amide bonds. The number of halogens is 2. The Morgan fingerprint density at radius 3 is 2.62 bits per heavy atom. The summed E-state index contributed by atoms with van der Waals surface area (Å²) in [6.45, 7) is 0. The first-order chi connectivity index (χ1) is 9.85. The number of methoxy groups -OCH3 is 1. The number of rotatable bonds is 4. The van der Waals surface area contributed by atoms with Gasteiger partial charge in [0.1, 0.15) is 10.6 Å². The average molecular weight is 331 g/mol. The van der Waals surface area contributed by atoms with Gasteiger partial charge < -0.3 is 10.5 Å². The number of sulfonamides is 1. The highest BCUT2D eigenvalue weighted by Crippen LogP contribution is 2.28. The highest BCUT2D eigenvalue weighted by atomic mass is 35.5. The second kappa shape index (κ2) is 5.79. The van der Waals surface area contributed by atoms with Crippen molar-refractivity contribution < 1.29 is 17.5 Å². The fourth-order valence-corrected chi connectivity index (χ4v) is 3.08. The van der Waals surface area contributed by atoms with Crippen molar-refractivity contribution in [2.45, 2.75) is 4.90 Å². The summed E-state index contributed by atoms with van der Waals surface area (Å²) >= 11 is 5.58. The fraction of sp³-hybridized carbons (Fsp3) is 0.0769. The van der Waals surface area contributed by atoms with Gasteiger partial charge in [-0.3, -0.25) is 4.72 Å². The van der Waals surface area contributed by atoms with Crippen molar-refractivity contribution >= 4 is 33.0 Å². The Bertz CT molecular complexity index is 781. The molecule has 0 aromatic heterocycles. The minimum Gasteiger partial charge on any atom is -0.495 e. The highest BCUT2D eigenvalue weighted by molar-refractivity contribution is 7.92. The van der Waals surface area contributed by atoms with Crippen molar-refractivity contribution in [2.75, 3.05) is 17.6 Å². The molecule has 0 unspecified atom stereocenters. The molecule has 8 heteroatoms. The number of ether oxygens (including phenoxy) is 1. The molecular weight excluding hydrogens is 319 g/mol. The summed E-state index contributed by atoms with van der Waals surface area (Å²) in [6.07, 6.45) is 0. The number of hydrogen-bond acceptors (Lipinski definition) is 4. The quantitative estimate of drug-likeness (QED) is 0.845. The molecule has 0 heterocycles. The van der Waals surface area contributed by atoms with Crippen molar-refractivity contribution in [1.82, 2.24) is 0 Å². The molecule has 0 radical (unpaired) electrons. The number of benzene rings is 2. The number of nitrogen functional groups attached to an aromatic ring is 1. The van der Waals surface area contributed by atoms with Crippen molar-refractivity contribution in [3.05, 3.63) is 47.2 Å². The van der Waals surface area contributed by atoms with Gasteiger partial charge in [-0.2, -0.15) is 0 Å². The van der Waals surface area contributed by atoms with Crippen LogP contribution in [0.5, 0.6) is 5.75 Å². The Morgan fingerprint density at radius 1 is 1.29 bits per heavy atom. The SMILES string of the molecule is COc1ccc(NS(=O)(=O)c2cccc(Cl)c2F)cc1N. The smallest absolute Gasteiger partial charge is 0.264 e. The van der Waals surface area contributed by atoms with Crippen molar-refractivity contribution in [3.63, 3.8) is 0 Å². The third kappa shape index (κ3) is 3.20. The van der Waals surface area contributed by atoms with Crippen LogP contribution in [-0.4, -0.2) is 15.5 Å². The third-order valence-electron chi connectivity index (χ3n) is 2.69. The van der Waals surface area contributed by atoms with Crippen molar-refractivity contribution in [3.8, 4) is 5.75 Å². The average Bonchev–Trinajstić information content (AvgIpc) is 2.41. The van der Waals surface area contributed by atoms with E-state index < -0.39 is 20.7 Å². The Morgan fingerprint density at radius 2 is 2.00 bits per heavy atom. The lowest BCUT2D eigenvalue weighted by atomic mass is 10.2. The molecule has 0 saturated carbocycles. The molecule has 112 valence electrons. The fourth-order valence-electron chi connectivity index (χ4n) is 1.70. The van der Waals surface area contributed by atoms with Gasteiger partial charge in [-0.05, 0) is 30.3 Å². The minimum absolute atomic E-state index is 0.188. The van der Waals surface area contributed by atoms with E-state index in [1.165, 1.54) is 37.4 Å². The maximum atomic E-state index is 13.8. The van der Waals surface area contributed by atoms with E-state index in [-0.39, 0.29) is 16.4 Å². The summed E-state index contributed by atoms with van der Waals surface area (Å²) in [7, 11) is -2.67. The largest absolute Gasteiger partial charge is 0.495 e. The van der Waals surface area contributed by atoms with E-state index in [1.54, 1.807) is 0 Å². The second-order valence-corrected chi connectivity index (χ2v) is 6.17. The molecule has 0 aliphatic heterocycles. The second-order valence-electron chi connectivity index (χ2n) is 4.11. The topological polar surface area (TPSA) is 81.4 Å². The number of nitrogens with two attached hydrogens (primary N) is 1. The molecule has 0 fully saturated rings. The Hall–Kier alpha value is -1.99. The van der Waals surface area contributed by atoms with Gasteiger partial charge in [-0.25, -0.2) is 12.8 Å². The summed E-state index contributed by atoms with van der Waals surface area (Å²) in [5.41, 5.74) is 6.13. The molecule has 0 saturated heterocycles. The van der Waals surface area contributed by atoms with Gasteiger partial charge in [-0.15, -0.1) is 0 Å². The van der Waals surface area contributed by atoms with Crippen molar-refractivity contribution in [2.24, 2.45) is 0 Å². The van der Waals surface area contributed by atoms with E-state index in [0.29, 0.717) is 5.75 Å². The van der Waals surface area contributed by atoms with E-state index >= 15 is 0 Å². The molecule has 0 spiro atoms. The zero-order valence-corrected chi connectivity index (χ0v) is 12.5. The van der Waals surface area contributed by atoms with E-state index in [0.717, 1.165) is 6.07 Å². The first kappa shape index (κ1) is 15.4. The maximum absolute atomic E-state index is 13.8. The van der Waals surface area contributed by atoms with Gasteiger partial charge in [0.25, 0.3) is 10.0 Å². The molecule has 21 heavy (non-hydrogen) atoms. The molecule has 5 nitrogen and oxygen atoms in total. The van der Waals surface area contributed by atoms with Crippen molar-refractivity contribution in [1.29, 1.82) is 0 Å². The Kier molecular flexibility index (Phi) is 4.24. The normalized spacial score (nSPS) is 11.2. The van der Waals surface area contributed by atoms with Crippen LogP contribution in [0.25, 0.3) is 0 Å². The molecule has 2 rings (SSSR count). The first-order valence-electron chi connectivity index (χ1n) is 5.75. The third-order valence-corrected chi connectivity index (χ3v) is 4.38. The maximum Gasteiger partial charge on any atom is 0.264 e. The molecule has 0 atom stereocenters. The van der Waals surface area contributed by atoms with Gasteiger partial charge in [-0.1, -0.05) is 17.7 Å². The van der Waals surface area contributed by atoms with E-state index in [4.69, 9.17) is 22.1 Å². The van der Waals surface area contributed by atoms with Crippen LogP contribution in [0, 0.1) is 5.82 Å². The number of nitrogens with one attached hydrogen (secondary N) is 1. The van der Waals surface area contributed by atoms with Crippen LogP contribution >= 0.6 is 11.6 Å². The molecule has 0 aliphatic carbocycles. The lowest BCUT2D eigenvalue weighted by Gasteiger charge is -2.11. The predicted molar refractivity (Wildman–Crippen MR) is 79.6 cm³/mol. The van der Waals surface area contributed by atoms with E-state index in [1.807, 2.05) is 0 Å². The monoisotopic (exact) mass is 330 g/mol. The minimum atomic E-state index is -4.11. The van der Waals surface area contributed by atoms with E-state index in [2.05, 4.69) is 4.72 Å². The molecular formula is C13H12ClFN2O3S. The van der Waals surface area contributed by atoms with Gasteiger partial charge in [0, 0.05) is 0 Å². The van der Waals surface area contributed by atoms with E-state index in [9.17, 15) is 12.8 Å². The Labute approximate surface area is 126 Å². The van der Waals surface area contributed by atoms with Crippen LogP contribution in [-0.2, 0) is 10.0 Å². The predicted octanol–water partition coefficient (Wildman–Crippen LogP) is 2.87. The zero-order valence-electron chi connectivity index (χ0n) is 10.9. The first-order valence-corrected chi connectivity index (χ1v) is 7.61. The van der Waals surface area contributed by atoms with Crippen LogP contribution in [0.15, 0.2) is 41.3 Å². The lowest BCUT2D eigenvalue weighted by molar-refractivity contribution is 0.417. The standard InChI is InChI=1S/C13H12ClFN2O3S/c1-20-11-6-5-8(7-10(11)16)17-21(18,19)12-4-2-3-9(14)13(12)15/h2-7,17H,16H2,1H3. The van der Waals surface area contributed by atoms with Gasteiger partial charge in [0.15, 0.2) is 5.82 Å². The molecule has 2 aromatic rings. The van der Waals surface area contributed by atoms with Crippen LogP contribution in [0.1, 0.15) is 0 Å².